The number of aromatic amines is 2. The van der Waals surface area contributed by atoms with Crippen LogP contribution in [-0.4, -0.2) is 90.4 Å². The van der Waals surface area contributed by atoms with E-state index in [9.17, 15) is 19.2 Å². The highest BCUT2D eigenvalue weighted by atomic mass is 28.4. The summed E-state index contributed by atoms with van der Waals surface area (Å²) in [5.41, 5.74) is -0.0933. The van der Waals surface area contributed by atoms with Crippen molar-refractivity contribution in [3.8, 4) is 11.5 Å². The minimum Gasteiger partial charge on any atom is -0.497 e. The third-order valence-corrected chi connectivity index (χ3v) is 18.7. The SMILES string of the molecule is COc1ccc(C(OC[C@H]2O[C@@H](n3cc(C)c(=O)[nH]c3=O)C[C@@H]2OC(=O)N(C[C@H]2O[C@@H](n3cc(C)c(=O)[nH]c3=O)C[C@@H]2O[Si](C)(C)C(C)(C)C)OCc2ccccc2)(c2ccccc2)c2ccc(OC)cc2)cc1. The lowest BCUT2D eigenvalue weighted by atomic mass is 9.80. The Labute approximate surface area is 429 Å². The maximum absolute atomic E-state index is 15.0. The molecule has 8 rings (SSSR count). The summed E-state index contributed by atoms with van der Waals surface area (Å²) in [6, 6.07) is 34.0. The third-order valence-electron chi connectivity index (χ3n) is 14.2. The number of rotatable bonds is 18. The van der Waals surface area contributed by atoms with Gasteiger partial charge in [0.05, 0.1) is 33.5 Å². The Morgan fingerprint density at radius 3 is 1.65 bits per heavy atom. The molecule has 2 fully saturated rings. The van der Waals surface area contributed by atoms with Crippen LogP contribution in [0.3, 0.4) is 0 Å². The summed E-state index contributed by atoms with van der Waals surface area (Å²) >= 11 is 0. The van der Waals surface area contributed by atoms with Crippen molar-refractivity contribution in [2.75, 3.05) is 27.4 Å². The molecule has 2 aromatic heterocycles. The van der Waals surface area contributed by atoms with Crippen LogP contribution in [-0.2, 0) is 40.4 Å². The van der Waals surface area contributed by atoms with Crippen LogP contribution in [0.4, 0.5) is 4.79 Å². The van der Waals surface area contributed by atoms with Crippen molar-refractivity contribution in [2.24, 2.45) is 0 Å². The average molecular weight is 1030 g/mol. The van der Waals surface area contributed by atoms with Gasteiger partial charge in [-0.3, -0.25) is 33.5 Å². The first kappa shape index (κ1) is 53.4. The van der Waals surface area contributed by atoms with Crippen molar-refractivity contribution in [1.82, 2.24) is 24.2 Å². The Hall–Kier alpha value is -6.87. The number of nitrogens with one attached hydrogen (secondary N) is 2. The molecule has 19 heteroatoms. The van der Waals surface area contributed by atoms with Crippen LogP contribution in [0.15, 0.2) is 141 Å². The minimum absolute atomic E-state index is 0.0331. The lowest BCUT2D eigenvalue weighted by Gasteiger charge is -2.39. The molecule has 18 nitrogen and oxygen atoms in total. The van der Waals surface area contributed by atoms with Crippen LogP contribution in [0, 0.1) is 13.8 Å². The zero-order chi connectivity index (χ0) is 53.0. The fraction of sp³-hybridized carbons (Fsp3) is 0.400. The van der Waals surface area contributed by atoms with Crippen molar-refractivity contribution in [3.05, 3.63) is 197 Å². The van der Waals surface area contributed by atoms with E-state index in [1.807, 2.05) is 109 Å². The predicted octanol–water partition coefficient (Wildman–Crippen LogP) is 7.63. The molecule has 392 valence electrons. The van der Waals surface area contributed by atoms with Gasteiger partial charge < -0.3 is 32.8 Å². The van der Waals surface area contributed by atoms with E-state index in [0.717, 1.165) is 27.3 Å². The smallest absolute Gasteiger partial charge is 0.434 e. The molecule has 0 bridgehead atoms. The summed E-state index contributed by atoms with van der Waals surface area (Å²) in [4.78, 5) is 77.9. The molecule has 6 atom stereocenters. The fourth-order valence-corrected chi connectivity index (χ4v) is 10.4. The van der Waals surface area contributed by atoms with E-state index < -0.39 is 79.4 Å². The van der Waals surface area contributed by atoms with Gasteiger partial charge in [-0.1, -0.05) is 106 Å². The molecule has 2 aliphatic heterocycles. The molecular weight excluding hydrogens is 967 g/mol. The molecule has 2 saturated heterocycles. The van der Waals surface area contributed by atoms with Crippen molar-refractivity contribution >= 4 is 14.4 Å². The average Bonchev–Trinajstić information content (AvgIpc) is 3.97. The summed E-state index contributed by atoms with van der Waals surface area (Å²) in [5.74, 6) is 1.27. The van der Waals surface area contributed by atoms with Gasteiger partial charge in [0.15, 0.2) is 8.32 Å². The van der Waals surface area contributed by atoms with Crippen LogP contribution in [0.1, 0.15) is 79.4 Å². The van der Waals surface area contributed by atoms with Crippen molar-refractivity contribution in [1.29, 1.82) is 0 Å². The topological polar surface area (TPSA) is 204 Å². The van der Waals surface area contributed by atoms with Gasteiger partial charge in [0, 0.05) is 36.4 Å². The predicted molar refractivity (Wildman–Crippen MR) is 278 cm³/mol. The lowest BCUT2D eigenvalue weighted by molar-refractivity contribution is -0.177. The maximum atomic E-state index is 15.0. The second-order valence-electron chi connectivity index (χ2n) is 20.2. The first-order chi connectivity index (χ1) is 35.3. The van der Waals surface area contributed by atoms with Crippen LogP contribution in [0.25, 0.3) is 0 Å². The van der Waals surface area contributed by atoms with Crippen LogP contribution < -0.4 is 32.0 Å². The molecular formula is C55H65N5O13Si. The molecule has 0 saturated carbocycles. The number of H-pyrrole nitrogens is 2. The van der Waals surface area contributed by atoms with Crippen molar-refractivity contribution in [2.45, 2.75) is 115 Å². The van der Waals surface area contributed by atoms with Gasteiger partial charge in [-0.15, -0.1) is 0 Å². The van der Waals surface area contributed by atoms with Crippen molar-refractivity contribution < 1.29 is 42.5 Å². The highest BCUT2D eigenvalue weighted by Gasteiger charge is 2.48. The molecule has 0 radical (unpaired) electrons. The molecule has 0 unspecified atom stereocenters. The number of methoxy groups -OCH3 is 2. The van der Waals surface area contributed by atoms with Gasteiger partial charge in [-0.2, -0.15) is 5.06 Å². The Bertz CT molecular complexity index is 3070. The fourth-order valence-electron chi connectivity index (χ4n) is 9.00. The first-order valence-corrected chi connectivity index (χ1v) is 27.5. The number of ether oxygens (including phenoxy) is 6. The molecule has 74 heavy (non-hydrogen) atoms. The van der Waals surface area contributed by atoms with Crippen LogP contribution in [0.5, 0.6) is 11.5 Å². The first-order valence-electron chi connectivity index (χ1n) is 24.6. The molecule has 2 aliphatic rings. The number of aryl methyl sites for hydroxylation is 2. The van der Waals surface area contributed by atoms with Crippen molar-refractivity contribution in [3.63, 3.8) is 0 Å². The number of hydroxylamine groups is 2. The molecule has 1 amide bonds. The third kappa shape index (κ3) is 11.6. The maximum Gasteiger partial charge on any atom is 0.434 e. The number of hydrogen-bond acceptors (Lipinski definition) is 13. The Morgan fingerprint density at radius 1 is 0.676 bits per heavy atom. The van der Waals surface area contributed by atoms with E-state index in [2.05, 4.69) is 43.8 Å². The standard InChI is InChI=1S/C55H65N5O13Si/c1-35-30-58(51(63)56-49(35)61)47-28-43(46(71-47)34-68-55(38-18-14-11-15-19-38,39-20-24-41(66-6)25-21-39)40-22-26-42(67-7)27-23-40)72-53(65)60(69-33-37-16-12-10-13-17-37)32-45-44(73-74(8,9)54(3,4)5)29-48(70-45)59-31-36(2)50(62)57-52(59)64/h10-27,30-31,43-48H,28-29,32-34H2,1-9H3,(H,56,61,63)(H,57,62,64)/t43-,44-,45+,46+,47+,48+/m0/s1. The van der Waals surface area contributed by atoms with Gasteiger partial charge in [-0.25, -0.2) is 14.4 Å². The molecule has 6 aromatic rings. The van der Waals surface area contributed by atoms with E-state index >= 15 is 4.79 Å². The summed E-state index contributed by atoms with van der Waals surface area (Å²) in [7, 11) is 0.666. The van der Waals surface area contributed by atoms with E-state index in [1.165, 1.54) is 21.5 Å². The summed E-state index contributed by atoms with van der Waals surface area (Å²) < 4.78 is 47.8. The second kappa shape index (κ2) is 22.3. The quantitative estimate of drug-likeness (QED) is 0.0484. The zero-order valence-corrected chi connectivity index (χ0v) is 44.2. The number of hydrogen-bond donors (Lipinski definition) is 2. The van der Waals surface area contributed by atoms with Gasteiger partial charge in [0.25, 0.3) is 11.1 Å². The van der Waals surface area contributed by atoms with E-state index in [1.54, 1.807) is 28.1 Å². The highest BCUT2D eigenvalue weighted by Crippen LogP contribution is 2.44. The molecule has 0 aliphatic carbocycles. The zero-order valence-electron chi connectivity index (χ0n) is 43.2. The number of carbonyl (C=O) groups is 1. The number of carbonyl (C=O) groups excluding carboxylic acids is 1. The largest absolute Gasteiger partial charge is 0.497 e. The van der Waals surface area contributed by atoms with Gasteiger partial charge in [0.2, 0.25) is 0 Å². The van der Waals surface area contributed by atoms with Crippen LogP contribution in [0.2, 0.25) is 18.1 Å². The van der Waals surface area contributed by atoms with Crippen LogP contribution >= 0.6 is 0 Å². The number of aromatic nitrogens is 4. The molecule has 2 N–H and O–H groups in total. The number of nitrogens with zero attached hydrogens (tertiary/aromatic N) is 3. The number of amides is 1. The Balaban J connectivity index is 1.17. The Morgan fingerprint density at radius 2 is 1.15 bits per heavy atom. The summed E-state index contributed by atoms with van der Waals surface area (Å²) in [5, 5.41) is 0.873. The van der Waals surface area contributed by atoms with E-state index in [0.29, 0.717) is 17.1 Å². The molecule has 0 spiro atoms. The second-order valence-corrected chi connectivity index (χ2v) is 24.9. The van der Waals surface area contributed by atoms with E-state index in [4.69, 9.17) is 37.7 Å². The minimum atomic E-state index is -2.52. The highest BCUT2D eigenvalue weighted by molar-refractivity contribution is 6.74. The number of benzene rings is 4. The molecule has 4 aromatic carbocycles. The van der Waals surface area contributed by atoms with Gasteiger partial charge in [-0.05, 0) is 78.5 Å². The van der Waals surface area contributed by atoms with E-state index in [-0.39, 0.29) is 43.2 Å². The van der Waals surface area contributed by atoms with Gasteiger partial charge >= 0.3 is 17.5 Å². The monoisotopic (exact) mass is 1030 g/mol. The Kier molecular flexibility index (Phi) is 16.1. The molecule has 4 heterocycles. The van der Waals surface area contributed by atoms with Gasteiger partial charge in [0.1, 0.15) is 54.5 Å². The normalized spacial score (nSPS) is 20.1. The summed E-state index contributed by atoms with van der Waals surface area (Å²) in [6.07, 6.45) is -3.30. The summed E-state index contributed by atoms with van der Waals surface area (Å²) in [6.45, 7) is 13.3. The lowest BCUT2D eigenvalue weighted by Crippen LogP contribution is -2.49.